The number of rotatable bonds is 5. The van der Waals surface area contributed by atoms with Crippen molar-refractivity contribution < 1.29 is 4.74 Å². The third-order valence-electron chi connectivity index (χ3n) is 9.96. The van der Waals surface area contributed by atoms with Crippen molar-refractivity contribution in [2.45, 2.75) is 13.8 Å². The number of nitrogens with zero attached hydrogens (tertiary/aromatic N) is 5. The maximum Gasteiger partial charge on any atom is 0.147 e. The second-order valence-corrected chi connectivity index (χ2v) is 13.0. The first-order valence-electron chi connectivity index (χ1n) is 17.1. The van der Waals surface area contributed by atoms with Crippen LogP contribution in [0.5, 0.6) is 11.5 Å². The van der Waals surface area contributed by atoms with Gasteiger partial charge in [0.15, 0.2) is 0 Å². The summed E-state index contributed by atoms with van der Waals surface area (Å²) >= 11 is 0. The fraction of sp³-hybridized carbons (Fsp3) is 0.0444. The first-order chi connectivity index (χ1) is 25.1. The Morgan fingerprint density at radius 1 is 0.490 bits per heavy atom. The Balaban J connectivity index is 1.21. The molecule has 0 spiro atoms. The average Bonchev–Trinajstić information content (AvgIpc) is 3.72. The molecule has 0 aliphatic carbocycles. The van der Waals surface area contributed by atoms with Gasteiger partial charge < -0.3 is 4.74 Å². The Morgan fingerprint density at radius 2 is 1.16 bits per heavy atom. The van der Waals surface area contributed by atoms with E-state index in [-0.39, 0.29) is 0 Å². The summed E-state index contributed by atoms with van der Waals surface area (Å²) in [6, 6.07) is 48.1. The zero-order valence-electron chi connectivity index (χ0n) is 28.1. The van der Waals surface area contributed by atoms with Gasteiger partial charge in [-0.05, 0) is 91.0 Å². The fourth-order valence-corrected chi connectivity index (χ4v) is 7.60. The predicted molar refractivity (Wildman–Crippen MR) is 207 cm³/mol. The standard InChI is InChI=1S/C45H31N5O/c1-28-12-3-5-14-32(28)42-43(33-15-6-4-13-29(33)2)50-44-37(17-11-25-47-44)34-22-20-30(26-38(34)45(50)48-42)51-31-21-23-36-35-16-7-8-18-39(35)49(40(36)27-31)41-19-9-10-24-46-41/h3-27H,1-2H3. The molecule has 6 nitrogen and oxygen atoms in total. The molecule has 0 aliphatic rings. The van der Waals surface area contributed by atoms with Gasteiger partial charge in [-0.3, -0.25) is 8.97 Å². The zero-order chi connectivity index (χ0) is 34.1. The molecule has 51 heavy (non-hydrogen) atoms. The molecule has 0 saturated heterocycles. The van der Waals surface area contributed by atoms with E-state index in [2.05, 4.69) is 126 Å². The maximum absolute atomic E-state index is 6.70. The van der Waals surface area contributed by atoms with Gasteiger partial charge in [-0.2, -0.15) is 0 Å². The topological polar surface area (TPSA) is 57.2 Å². The monoisotopic (exact) mass is 657 g/mol. The number of aromatic nitrogens is 5. The number of imidazole rings is 1. The number of aryl methyl sites for hydroxylation is 2. The van der Waals surface area contributed by atoms with E-state index < -0.39 is 0 Å². The number of hydrogen-bond acceptors (Lipinski definition) is 4. The summed E-state index contributed by atoms with van der Waals surface area (Å²) in [6.45, 7) is 4.30. The Labute approximate surface area is 293 Å². The highest BCUT2D eigenvalue weighted by molar-refractivity contribution is 6.13. The molecule has 6 heteroatoms. The number of ether oxygens (including phenoxy) is 1. The van der Waals surface area contributed by atoms with Crippen LogP contribution in [0.15, 0.2) is 152 Å². The summed E-state index contributed by atoms with van der Waals surface area (Å²) in [6.07, 6.45) is 3.69. The summed E-state index contributed by atoms with van der Waals surface area (Å²) in [5.74, 6) is 2.33. The van der Waals surface area contributed by atoms with Crippen LogP contribution >= 0.6 is 0 Å². The van der Waals surface area contributed by atoms with E-state index in [1.54, 1.807) is 0 Å². The molecule has 0 saturated carbocycles. The fourth-order valence-electron chi connectivity index (χ4n) is 7.60. The number of fused-ring (bicyclic) bond motifs is 9. The molecule has 0 amide bonds. The van der Waals surface area contributed by atoms with Crippen LogP contribution in [0.25, 0.3) is 77.6 Å². The lowest BCUT2D eigenvalue weighted by atomic mass is 9.98. The second kappa shape index (κ2) is 11.4. The van der Waals surface area contributed by atoms with Crippen molar-refractivity contribution >= 4 is 49.3 Å². The molecule has 10 aromatic rings. The Bertz CT molecular complexity index is 2980. The van der Waals surface area contributed by atoms with Gasteiger partial charge in [0.25, 0.3) is 0 Å². The van der Waals surface area contributed by atoms with E-state index in [0.717, 1.165) is 83.7 Å². The van der Waals surface area contributed by atoms with Gasteiger partial charge in [0.1, 0.15) is 28.6 Å². The molecular formula is C45H31N5O. The van der Waals surface area contributed by atoms with Crippen molar-refractivity contribution in [2.75, 3.05) is 0 Å². The van der Waals surface area contributed by atoms with Crippen LogP contribution in [0, 0.1) is 13.8 Å². The lowest BCUT2D eigenvalue weighted by molar-refractivity contribution is 0.484. The van der Waals surface area contributed by atoms with Crippen molar-refractivity contribution in [1.29, 1.82) is 0 Å². The van der Waals surface area contributed by atoms with Crippen LogP contribution < -0.4 is 4.74 Å². The quantitative estimate of drug-likeness (QED) is 0.173. The van der Waals surface area contributed by atoms with Crippen LogP contribution in [-0.2, 0) is 0 Å². The third-order valence-corrected chi connectivity index (χ3v) is 9.96. The van der Waals surface area contributed by atoms with E-state index in [9.17, 15) is 0 Å². The molecule has 242 valence electrons. The molecular weight excluding hydrogens is 627 g/mol. The van der Waals surface area contributed by atoms with Crippen LogP contribution in [0.2, 0.25) is 0 Å². The van der Waals surface area contributed by atoms with Crippen molar-refractivity contribution in [2.24, 2.45) is 0 Å². The summed E-state index contributed by atoms with van der Waals surface area (Å²) in [7, 11) is 0. The second-order valence-electron chi connectivity index (χ2n) is 13.0. The van der Waals surface area contributed by atoms with Crippen molar-refractivity contribution in [3.63, 3.8) is 0 Å². The van der Waals surface area contributed by atoms with Gasteiger partial charge in [0, 0.05) is 51.1 Å². The summed E-state index contributed by atoms with van der Waals surface area (Å²) in [5, 5.41) is 5.43. The number of para-hydroxylation sites is 1. The van der Waals surface area contributed by atoms with E-state index >= 15 is 0 Å². The highest BCUT2D eigenvalue weighted by Crippen LogP contribution is 2.42. The minimum absolute atomic E-state index is 0.727. The van der Waals surface area contributed by atoms with E-state index in [4.69, 9.17) is 19.7 Å². The number of benzene rings is 5. The van der Waals surface area contributed by atoms with Gasteiger partial charge in [0.05, 0.1) is 22.4 Å². The molecule has 0 aliphatic heterocycles. The smallest absolute Gasteiger partial charge is 0.147 e. The lowest BCUT2D eigenvalue weighted by Crippen LogP contribution is -1.98. The molecule has 0 N–H and O–H groups in total. The summed E-state index contributed by atoms with van der Waals surface area (Å²) in [4.78, 5) is 15.1. The molecule has 0 bridgehead atoms. The molecule has 5 aromatic heterocycles. The summed E-state index contributed by atoms with van der Waals surface area (Å²) < 4.78 is 11.1. The maximum atomic E-state index is 6.70. The molecule has 0 atom stereocenters. The van der Waals surface area contributed by atoms with Crippen LogP contribution in [0.4, 0.5) is 0 Å². The van der Waals surface area contributed by atoms with Crippen molar-refractivity contribution in [3.8, 4) is 39.8 Å². The molecule has 0 unspecified atom stereocenters. The number of hydrogen-bond donors (Lipinski definition) is 0. The van der Waals surface area contributed by atoms with Crippen molar-refractivity contribution in [1.82, 2.24) is 23.9 Å². The molecule has 0 radical (unpaired) electrons. The SMILES string of the molecule is Cc1ccccc1-c1nc2c3cc(Oc4ccc5c6ccccc6n(-c6ccccn6)c5c4)ccc3c3cccnc3n2c1-c1ccccc1C. The minimum Gasteiger partial charge on any atom is -0.457 e. The van der Waals surface area contributed by atoms with Crippen LogP contribution in [-0.4, -0.2) is 23.9 Å². The Morgan fingerprint density at radius 3 is 1.96 bits per heavy atom. The third kappa shape index (κ3) is 4.53. The molecule has 5 heterocycles. The molecule has 5 aromatic carbocycles. The first kappa shape index (κ1) is 29.2. The minimum atomic E-state index is 0.727. The van der Waals surface area contributed by atoms with Gasteiger partial charge in [0.2, 0.25) is 0 Å². The van der Waals surface area contributed by atoms with E-state index in [0.29, 0.717) is 0 Å². The lowest BCUT2D eigenvalue weighted by Gasteiger charge is -2.14. The number of pyridine rings is 3. The Kier molecular flexibility index (Phi) is 6.51. The predicted octanol–water partition coefficient (Wildman–Crippen LogP) is 11.3. The molecule has 10 rings (SSSR count). The highest BCUT2D eigenvalue weighted by Gasteiger charge is 2.23. The van der Waals surface area contributed by atoms with Crippen molar-refractivity contribution in [3.05, 3.63) is 163 Å². The molecule has 0 fully saturated rings. The van der Waals surface area contributed by atoms with Gasteiger partial charge in [-0.15, -0.1) is 0 Å². The average molecular weight is 658 g/mol. The van der Waals surface area contributed by atoms with Gasteiger partial charge in [-0.25, -0.2) is 15.0 Å². The van der Waals surface area contributed by atoms with Crippen LogP contribution in [0.1, 0.15) is 11.1 Å². The van der Waals surface area contributed by atoms with E-state index in [1.165, 1.54) is 16.5 Å². The normalized spacial score (nSPS) is 11.7. The van der Waals surface area contributed by atoms with Crippen LogP contribution in [0.3, 0.4) is 0 Å². The zero-order valence-corrected chi connectivity index (χ0v) is 28.1. The first-order valence-corrected chi connectivity index (χ1v) is 17.1. The van der Waals surface area contributed by atoms with Gasteiger partial charge in [-0.1, -0.05) is 72.8 Å². The Hall–Kier alpha value is -6.79. The summed E-state index contributed by atoms with van der Waals surface area (Å²) in [5.41, 5.74) is 10.4. The largest absolute Gasteiger partial charge is 0.457 e. The van der Waals surface area contributed by atoms with E-state index in [1.807, 2.05) is 48.8 Å². The van der Waals surface area contributed by atoms with Gasteiger partial charge >= 0.3 is 0 Å². The highest BCUT2D eigenvalue weighted by atomic mass is 16.5.